The van der Waals surface area contributed by atoms with Crippen LogP contribution in [0.15, 0.2) is 48.5 Å². The van der Waals surface area contributed by atoms with Crippen LogP contribution in [0.2, 0.25) is 5.02 Å². The average molecular weight is 331 g/mol. The second kappa shape index (κ2) is 6.60. The molecule has 1 amide bonds. The molecule has 2 atom stereocenters. The van der Waals surface area contributed by atoms with E-state index in [0.29, 0.717) is 17.3 Å². The zero-order valence-electron chi connectivity index (χ0n) is 12.9. The number of anilines is 1. The minimum Gasteiger partial charge on any atom is -0.481 e. The van der Waals surface area contributed by atoms with E-state index in [4.69, 9.17) is 22.1 Å². The Hall–Kier alpha value is -2.04. The van der Waals surface area contributed by atoms with Gasteiger partial charge in [-0.1, -0.05) is 35.9 Å². The summed E-state index contributed by atoms with van der Waals surface area (Å²) >= 11 is 5.95. The lowest BCUT2D eigenvalue weighted by Gasteiger charge is -2.34. The molecule has 0 saturated heterocycles. The summed E-state index contributed by atoms with van der Waals surface area (Å²) in [5.74, 6) is 0.473. The summed E-state index contributed by atoms with van der Waals surface area (Å²) in [5.41, 5.74) is 8.11. The molecule has 3 rings (SSSR count). The van der Waals surface area contributed by atoms with E-state index in [1.54, 1.807) is 36.1 Å². The van der Waals surface area contributed by atoms with Gasteiger partial charge in [0.05, 0.1) is 0 Å². The SMILES string of the molecule is CC(Oc1cccc(Cl)c1)C(=O)N1CC(N)Cc2ccccc21. The molecule has 5 heteroatoms. The van der Waals surface area contributed by atoms with Gasteiger partial charge in [0.1, 0.15) is 5.75 Å². The van der Waals surface area contributed by atoms with Gasteiger partial charge in [0.2, 0.25) is 0 Å². The molecule has 2 aromatic carbocycles. The first kappa shape index (κ1) is 15.8. The van der Waals surface area contributed by atoms with Gasteiger partial charge in [-0.2, -0.15) is 0 Å². The number of ether oxygens (including phenoxy) is 1. The minimum absolute atomic E-state index is 0.0628. The van der Waals surface area contributed by atoms with Gasteiger partial charge in [0.15, 0.2) is 6.10 Å². The molecule has 120 valence electrons. The molecule has 0 fully saturated rings. The van der Waals surface area contributed by atoms with Gasteiger partial charge in [-0.3, -0.25) is 4.79 Å². The smallest absolute Gasteiger partial charge is 0.267 e. The Labute approximate surface area is 140 Å². The molecule has 0 bridgehead atoms. The lowest BCUT2D eigenvalue weighted by Crippen LogP contribution is -2.50. The van der Waals surface area contributed by atoms with Gasteiger partial charge >= 0.3 is 0 Å². The molecule has 0 spiro atoms. The fourth-order valence-corrected chi connectivity index (χ4v) is 3.03. The first-order valence-electron chi connectivity index (χ1n) is 7.61. The van der Waals surface area contributed by atoms with Crippen molar-refractivity contribution < 1.29 is 9.53 Å². The zero-order chi connectivity index (χ0) is 16.4. The Balaban J connectivity index is 1.80. The van der Waals surface area contributed by atoms with Crippen molar-refractivity contribution in [2.45, 2.75) is 25.5 Å². The number of amides is 1. The number of hydrogen-bond acceptors (Lipinski definition) is 3. The van der Waals surface area contributed by atoms with Gasteiger partial charge in [-0.25, -0.2) is 0 Å². The lowest BCUT2D eigenvalue weighted by atomic mass is 9.98. The summed E-state index contributed by atoms with van der Waals surface area (Å²) in [6.45, 7) is 2.24. The fraction of sp³-hybridized carbons (Fsp3) is 0.278. The Kier molecular flexibility index (Phi) is 4.55. The highest BCUT2D eigenvalue weighted by Gasteiger charge is 2.30. The van der Waals surface area contributed by atoms with E-state index in [1.807, 2.05) is 24.3 Å². The number of rotatable bonds is 3. The van der Waals surface area contributed by atoms with Crippen molar-refractivity contribution in [1.82, 2.24) is 0 Å². The number of halogens is 1. The van der Waals surface area contributed by atoms with Crippen molar-refractivity contribution in [3.8, 4) is 5.75 Å². The van der Waals surface area contributed by atoms with Crippen molar-refractivity contribution in [2.24, 2.45) is 5.73 Å². The van der Waals surface area contributed by atoms with Crippen LogP contribution in [-0.2, 0) is 11.2 Å². The lowest BCUT2D eigenvalue weighted by molar-refractivity contribution is -0.124. The van der Waals surface area contributed by atoms with Gasteiger partial charge in [-0.15, -0.1) is 0 Å². The van der Waals surface area contributed by atoms with E-state index in [1.165, 1.54) is 0 Å². The number of para-hydroxylation sites is 1. The maximum absolute atomic E-state index is 12.8. The number of carbonyl (C=O) groups is 1. The van der Waals surface area contributed by atoms with Crippen LogP contribution in [0.25, 0.3) is 0 Å². The van der Waals surface area contributed by atoms with E-state index in [0.717, 1.165) is 17.7 Å². The third-order valence-electron chi connectivity index (χ3n) is 3.90. The summed E-state index contributed by atoms with van der Waals surface area (Å²) < 4.78 is 5.74. The molecular formula is C18H19ClN2O2. The molecule has 1 aliphatic heterocycles. The summed E-state index contributed by atoms with van der Waals surface area (Å²) in [6.07, 6.45) is 0.163. The van der Waals surface area contributed by atoms with Gasteiger partial charge < -0.3 is 15.4 Å². The van der Waals surface area contributed by atoms with Gasteiger partial charge in [0.25, 0.3) is 5.91 Å². The first-order chi connectivity index (χ1) is 11.0. The predicted molar refractivity (Wildman–Crippen MR) is 92.0 cm³/mol. The minimum atomic E-state index is -0.619. The van der Waals surface area contributed by atoms with Crippen molar-refractivity contribution in [3.63, 3.8) is 0 Å². The van der Waals surface area contributed by atoms with Crippen LogP contribution in [0.3, 0.4) is 0 Å². The molecule has 1 aliphatic rings. The standard InChI is InChI=1S/C18H19ClN2O2/c1-12(23-16-7-4-6-14(19)10-16)18(22)21-11-15(20)9-13-5-2-3-8-17(13)21/h2-8,10,12,15H,9,11,20H2,1H3. The number of carbonyl (C=O) groups excluding carboxylic acids is 1. The summed E-state index contributed by atoms with van der Waals surface area (Å²) in [7, 11) is 0. The van der Waals surface area contributed by atoms with Gasteiger partial charge in [0, 0.05) is 23.3 Å². The molecule has 2 aromatic rings. The normalized spacial score (nSPS) is 18.2. The third kappa shape index (κ3) is 3.49. The van der Waals surface area contributed by atoms with Crippen LogP contribution >= 0.6 is 11.6 Å². The maximum atomic E-state index is 12.8. The summed E-state index contributed by atoms with van der Waals surface area (Å²) in [6, 6.07) is 14.8. The number of benzene rings is 2. The Morgan fingerprint density at radius 1 is 1.30 bits per heavy atom. The van der Waals surface area contributed by atoms with Crippen LogP contribution in [-0.4, -0.2) is 24.6 Å². The fourth-order valence-electron chi connectivity index (χ4n) is 2.85. The molecule has 2 unspecified atom stereocenters. The first-order valence-corrected chi connectivity index (χ1v) is 7.99. The quantitative estimate of drug-likeness (QED) is 0.941. The van der Waals surface area contributed by atoms with Crippen LogP contribution in [0, 0.1) is 0 Å². The molecule has 0 aromatic heterocycles. The van der Waals surface area contributed by atoms with E-state index in [-0.39, 0.29) is 11.9 Å². The largest absolute Gasteiger partial charge is 0.481 e. The van der Waals surface area contributed by atoms with E-state index < -0.39 is 6.10 Å². The summed E-state index contributed by atoms with van der Waals surface area (Å²) in [5, 5.41) is 0.576. The zero-order valence-corrected chi connectivity index (χ0v) is 13.7. The van der Waals surface area contributed by atoms with Crippen molar-refractivity contribution in [2.75, 3.05) is 11.4 Å². The Bertz CT molecular complexity index is 720. The highest BCUT2D eigenvalue weighted by atomic mass is 35.5. The molecule has 0 radical (unpaired) electrons. The van der Waals surface area contributed by atoms with Gasteiger partial charge in [-0.05, 0) is 43.2 Å². The molecule has 4 nitrogen and oxygen atoms in total. The second-order valence-electron chi connectivity index (χ2n) is 5.76. The number of nitrogens with two attached hydrogens (primary N) is 1. The summed E-state index contributed by atoms with van der Waals surface area (Å²) in [4.78, 5) is 14.5. The van der Waals surface area contributed by atoms with Crippen LogP contribution in [0.5, 0.6) is 5.75 Å². The van der Waals surface area contributed by atoms with E-state index in [2.05, 4.69) is 0 Å². The van der Waals surface area contributed by atoms with Crippen LogP contribution < -0.4 is 15.4 Å². The highest BCUT2D eigenvalue weighted by molar-refractivity contribution is 6.30. The van der Waals surface area contributed by atoms with E-state index >= 15 is 0 Å². The van der Waals surface area contributed by atoms with Crippen LogP contribution in [0.1, 0.15) is 12.5 Å². The molecule has 2 N–H and O–H groups in total. The van der Waals surface area contributed by atoms with E-state index in [9.17, 15) is 4.79 Å². The number of fused-ring (bicyclic) bond motifs is 1. The average Bonchev–Trinajstić information content (AvgIpc) is 2.53. The van der Waals surface area contributed by atoms with Crippen molar-refractivity contribution >= 4 is 23.2 Å². The maximum Gasteiger partial charge on any atom is 0.267 e. The Morgan fingerprint density at radius 2 is 2.09 bits per heavy atom. The highest BCUT2D eigenvalue weighted by Crippen LogP contribution is 2.27. The topological polar surface area (TPSA) is 55.6 Å². The van der Waals surface area contributed by atoms with Crippen molar-refractivity contribution in [3.05, 3.63) is 59.1 Å². The Morgan fingerprint density at radius 3 is 2.87 bits per heavy atom. The molecule has 23 heavy (non-hydrogen) atoms. The third-order valence-corrected chi connectivity index (χ3v) is 4.14. The van der Waals surface area contributed by atoms with Crippen LogP contribution in [0.4, 0.5) is 5.69 Å². The van der Waals surface area contributed by atoms with Crippen molar-refractivity contribution in [1.29, 1.82) is 0 Å². The monoisotopic (exact) mass is 330 g/mol. The number of nitrogens with zero attached hydrogens (tertiary/aromatic N) is 1. The molecular weight excluding hydrogens is 312 g/mol. The molecule has 0 aliphatic carbocycles. The second-order valence-corrected chi connectivity index (χ2v) is 6.20. The number of hydrogen-bond donors (Lipinski definition) is 1. The predicted octanol–water partition coefficient (Wildman–Crippen LogP) is 3.02. The molecule has 1 heterocycles. The molecule has 0 saturated carbocycles.